The average molecular weight is 399 g/mol. The molecule has 2 rings (SSSR count). The highest BCUT2D eigenvalue weighted by Gasteiger charge is 2.20. The van der Waals surface area contributed by atoms with Crippen LogP contribution >= 0.6 is 11.6 Å². The van der Waals surface area contributed by atoms with E-state index in [4.69, 9.17) is 11.6 Å². The van der Waals surface area contributed by atoms with Crippen molar-refractivity contribution in [2.75, 3.05) is 22.4 Å². The predicted molar refractivity (Wildman–Crippen MR) is 103 cm³/mol. The summed E-state index contributed by atoms with van der Waals surface area (Å²) in [6, 6.07) is 9.25. The Morgan fingerprint density at radius 2 is 1.88 bits per heavy atom. The smallest absolute Gasteiger partial charge is 0.232 e. The first kappa shape index (κ1) is 20.2. The van der Waals surface area contributed by atoms with Crippen molar-refractivity contribution in [3.05, 3.63) is 58.4 Å². The molecule has 0 bridgehead atoms. The predicted octanol–water partition coefficient (Wildman–Crippen LogP) is 3.89. The highest BCUT2D eigenvalue weighted by Crippen LogP contribution is 2.25. The van der Waals surface area contributed by atoms with Gasteiger partial charge in [0.15, 0.2) is 0 Å². The zero-order valence-corrected chi connectivity index (χ0v) is 16.3. The molecule has 0 spiro atoms. The highest BCUT2D eigenvalue weighted by molar-refractivity contribution is 7.92. The van der Waals surface area contributed by atoms with Gasteiger partial charge in [-0.1, -0.05) is 29.3 Å². The third-order valence-corrected chi connectivity index (χ3v) is 5.27. The standard InChI is InChI=1S/C18H20ClFN2O3S/c1-12-4-7-17(13(2)10-12)21-18(23)8-9-22(26(3,24)25)14-5-6-16(20)15(19)11-14/h4-7,10-11H,8-9H2,1-3H3,(H,21,23). The number of carbonyl (C=O) groups is 1. The SMILES string of the molecule is Cc1ccc(NC(=O)CCN(c2ccc(F)c(Cl)c2)S(C)(=O)=O)c(C)c1. The molecule has 0 aromatic heterocycles. The van der Waals surface area contributed by atoms with Crippen LogP contribution in [0, 0.1) is 19.7 Å². The second-order valence-electron chi connectivity index (χ2n) is 6.05. The lowest BCUT2D eigenvalue weighted by Gasteiger charge is -2.22. The van der Waals surface area contributed by atoms with Crippen molar-refractivity contribution in [2.24, 2.45) is 0 Å². The zero-order valence-electron chi connectivity index (χ0n) is 14.7. The summed E-state index contributed by atoms with van der Waals surface area (Å²) in [5.41, 5.74) is 2.88. The summed E-state index contributed by atoms with van der Waals surface area (Å²) in [6.07, 6.45) is 0.960. The molecule has 0 aliphatic carbocycles. The first-order valence-corrected chi connectivity index (χ1v) is 10.1. The Morgan fingerprint density at radius 3 is 2.46 bits per heavy atom. The minimum Gasteiger partial charge on any atom is -0.326 e. The van der Waals surface area contributed by atoms with Gasteiger partial charge in [0, 0.05) is 18.7 Å². The highest BCUT2D eigenvalue weighted by atomic mass is 35.5. The molecule has 0 unspecified atom stereocenters. The number of nitrogens with zero attached hydrogens (tertiary/aromatic N) is 1. The number of carbonyl (C=O) groups excluding carboxylic acids is 1. The Labute approximate surface area is 157 Å². The molecule has 2 aromatic carbocycles. The molecular formula is C18H20ClFN2O3S. The van der Waals surface area contributed by atoms with Gasteiger partial charge in [-0.25, -0.2) is 12.8 Å². The number of halogens is 2. The van der Waals surface area contributed by atoms with E-state index in [9.17, 15) is 17.6 Å². The number of hydrogen-bond acceptors (Lipinski definition) is 3. The van der Waals surface area contributed by atoms with Crippen LogP contribution in [0.15, 0.2) is 36.4 Å². The summed E-state index contributed by atoms with van der Waals surface area (Å²) in [5, 5.41) is 2.59. The van der Waals surface area contributed by atoms with Gasteiger partial charge < -0.3 is 5.32 Å². The van der Waals surface area contributed by atoms with Crippen LogP contribution in [0.3, 0.4) is 0 Å². The fraction of sp³-hybridized carbons (Fsp3) is 0.278. The molecule has 5 nitrogen and oxygen atoms in total. The minimum atomic E-state index is -3.66. The van der Waals surface area contributed by atoms with Gasteiger partial charge in [0.1, 0.15) is 5.82 Å². The Morgan fingerprint density at radius 1 is 1.19 bits per heavy atom. The molecule has 1 N–H and O–H groups in total. The van der Waals surface area contributed by atoms with Gasteiger partial charge in [0.05, 0.1) is 17.0 Å². The van der Waals surface area contributed by atoms with Crippen molar-refractivity contribution in [3.63, 3.8) is 0 Å². The van der Waals surface area contributed by atoms with E-state index in [1.165, 1.54) is 12.1 Å². The summed E-state index contributed by atoms with van der Waals surface area (Å²) >= 11 is 5.73. The molecule has 26 heavy (non-hydrogen) atoms. The third-order valence-electron chi connectivity index (χ3n) is 3.79. The molecular weight excluding hydrogens is 379 g/mol. The minimum absolute atomic E-state index is 0.0601. The van der Waals surface area contributed by atoms with Gasteiger partial charge in [-0.05, 0) is 43.7 Å². The molecule has 2 aromatic rings. The van der Waals surface area contributed by atoms with Crippen LogP contribution in [0.5, 0.6) is 0 Å². The van der Waals surface area contributed by atoms with Gasteiger partial charge in [-0.2, -0.15) is 0 Å². The monoisotopic (exact) mass is 398 g/mol. The summed E-state index contributed by atoms with van der Waals surface area (Å²) < 4.78 is 38.4. The molecule has 0 fully saturated rings. The average Bonchev–Trinajstić information content (AvgIpc) is 2.52. The van der Waals surface area contributed by atoms with Crippen LogP contribution in [0.2, 0.25) is 5.02 Å². The number of sulfonamides is 1. The molecule has 0 saturated heterocycles. The Hall–Kier alpha value is -2.12. The van der Waals surface area contributed by atoms with Gasteiger partial charge in [-0.3, -0.25) is 9.10 Å². The van der Waals surface area contributed by atoms with Crippen LogP contribution < -0.4 is 9.62 Å². The molecule has 0 atom stereocenters. The fourth-order valence-electron chi connectivity index (χ4n) is 2.50. The maximum atomic E-state index is 13.3. The number of amides is 1. The van der Waals surface area contributed by atoms with Crippen molar-refractivity contribution in [2.45, 2.75) is 20.3 Å². The molecule has 0 aliphatic heterocycles. The lowest BCUT2D eigenvalue weighted by Crippen LogP contribution is -2.33. The van der Waals surface area contributed by atoms with Crippen LogP contribution in [0.1, 0.15) is 17.5 Å². The number of hydrogen-bond donors (Lipinski definition) is 1. The second-order valence-corrected chi connectivity index (χ2v) is 8.36. The number of aryl methyl sites for hydroxylation is 2. The van der Waals surface area contributed by atoms with Crippen molar-refractivity contribution in [1.29, 1.82) is 0 Å². The summed E-state index contributed by atoms with van der Waals surface area (Å²) in [6.45, 7) is 3.75. The molecule has 140 valence electrons. The first-order valence-electron chi connectivity index (χ1n) is 7.88. The topological polar surface area (TPSA) is 66.5 Å². The van der Waals surface area contributed by atoms with E-state index in [0.29, 0.717) is 5.69 Å². The van der Waals surface area contributed by atoms with Crippen molar-refractivity contribution in [3.8, 4) is 0 Å². The Kier molecular flexibility index (Phi) is 6.26. The molecule has 8 heteroatoms. The van der Waals surface area contributed by atoms with Gasteiger partial charge >= 0.3 is 0 Å². The van der Waals surface area contributed by atoms with Gasteiger partial charge in [-0.15, -0.1) is 0 Å². The fourth-order valence-corrected chi connectivity index (χ4v) is 3.59. The Balaban J connectivity index is 2.12. The number of nitrogens with one attached hydrogen (secondary N) is 1. The largest absolute Gasteiger partial charge is 0.326 e. The van der Waals surface area contributed by atoms with Crippen molar-refractivity contribution >= 4 is 38.9 Å². The van der Waals surface area contributed by atoms with Crippen molar-refractivity contribution < 1.29 is 17.6 Å². The molecule has 0 saturated carbocycles. The van der Waals surface area contributed by atoms with E-state index in [0.717, 1.165) is 27.8 Å². The normalized spacial score (nSPS) is 11.3. The van der Waals surface area contributed by atoms with Crippen molar-refractivity contribution in [1.82, 2.24) is 0 Å². The van der Waals surface area contributed by atoms with Crippen LogP contribution in [-0.4, -0.2) is 27.1 Å². The quantitative estimate of drug-likeness (QED) is 0.802. The van der Waals surface area contributed by atoms with E-state index < -0.39 is 15.8 Å². The van der Waals surface area contributed by atoms with E-state index >= 15 is 0 Å². The van der Waals surface area contributed by atoms with Crippen LogP contribution in [-0.2, 0) is 14.8 Å². The Bertz CT molecular complexity index is 932. The van der Waals surface area contributed by atoms with Crippen LogP contribution in [0.4, 0.5) is 15.8 Å². The van der Waals surface area contributed by atoms with Crippen LogP contribution in [0.25, 0.3) is 0 Å². The maximum absolute atomic E-state index is 13.3. The molecule has 1 amide bonds. The van der Waals surface area contributed by atoms with E-state index in [1.807, 2.05) is 26.0 Å². The summed E-state index contributed by atoms with van der Waals surface area (Å²) in [5.74, 6) is -0.963. The first-order chi connectivity index (χ1) is 12.1. The zero-order chi connectivity index (χ0) is 19.5. The van der Waals surface area contributed by atoms with Gasteiger partial charge in [0.2, 0.25) is 15.9 Å². The molecule has 0 aliphatic rings. The maximum Gasteiger partial charge on any atom is 0.232 e. The third kappa shape index (κ3) is 5.19. The number of rotatable bonds is 6. The summed E-state index contributed by atoms with van der Waals surface area (Å²) in [4.78, 5) is 12.2. The molecule has 0 heterocycles. The lowest BCUT2D eigenvalue weighted by molar-refractivity contribution is -0.116. The lowest BCUT2D eigenvalue weighted by atomic mass is 10.1. The summed E-state index contributed by atoms with van der Waals surface area (Å²) in [7, 11) is -3.66. The number of benzene rings is 2. The van der Waals surface area contributed by atoms with Gasteiger partial charge in [0.25, 0.3) is 0 Å². The van der Waals surface area contributed by atoms with E-state index in [1.54, 1.807) is 6.07 Å². The number of anilines is 2. The van der Waals surface area contributed by atoms with E-state index in [-0.39, 0.29) is 29.6 Å². The van der Waals surface area contributed by atoms with E-state index in [2.05, 4.69) is 5.32 Å². The molecule has 0 radical (unpaired) electrons. The second kappa shape index (κ2) is 8.05.